The third kappa shape index (κ3) is 4.96. The van der Waals surface area contributed by atoms with Crippen LogP contribution < -0.4 is 10.6 Å². The summed E-state index contributed by atoms with van der Waals surface area (Å²) in [5.41, 5.74) is 0. The number of hydrogen-bond acceptors (Lipinski definition) is 4. The second kappa shape index (κ2) is 5.79. The maximum absolute atomic E-state index is 11.1. The quantitative estimate of drug-likeness (QED) is 0.541. The van der Waals surface area contributed by atoms with Crippen molar-refractivity contribution in [2.45, 2.75) is 13.0 Å². The van der Waals surface area contributed by atoms with Crippen molar-refractivity contribution in [3.63, 3.8) is 0 Å². The molecule has 0 aliphatic heterocycles. The number of carboxylic acid groups (broad SMARTS) is 1. The maximum atomic E-state index is 11.1. The Labute approximate surface area is 80.4 Å². The largest absolute Gasteiger partial charge is 0.480 e. The molecule has 14 heavy (non-hydrogen) atoms. The SMILES string of the molecule is COC(=O)N[C@@H](C)C(=O)NCC(=O)O. The van der Waals surface area contributed by atoms with Crippen molar-refractivity contribution in [1.82, 2.24) is 10.6 Å². The molecule has 0 saturated heterocycles. The van der Waals surface area contributed by atoms with E-state index < -0.39 is 30.6 Å². The van der Waals surface area contributed by atoms with E-state index in [1.807, 2.05) is 0 Å². The molecule has 7 heteroatoms. The van der Waals surface area contributed by atoms with E-state index in [0.717, 1.165) is 7.11 Å². The predicted molar refractivity (Wildman–Crippen MR) is 45.6 cm³/mol. The molecule has 0 radical (unpaired) electrons. The van der Waals surface area contributed by atoms with Crippen molar-refractivity contribution in [3.8, 4) is 0 Å². The lowest BCUT2D eigenvalue weighted by atomic mass is 10.3. The Kier molecular flexibility index (Phi) is 5.05. The molecule has 0 aromatic heterocycles. The van der Waals surface area contributed by atoms with Crippen LogP contribution in [0.5, 0.6) is 0 Å². The fraction of sp³-hybridized carbons (Fsp3) is 0.571. The number of amides is 2. The number of carbonyl (C=O) groups excluding carboxylic acids is 2. The Balaban J connectivity index is 3.87. The van der Waals surface area contributed by atoms with Crippen molar-refractivity contribution in [3.05, 3.63) is 0 Å². The molecule has 0 spiro atoms. The van der Waals surface area contributed by atoms with Crippen LogP contribution in [0.25, 0.3) is 0 Å². The van der Waals surface area contributed by atoms with Gasteiger partial charge in [0.15, 0.2) is 0 Å². The Morgan fingerprint density at radius 2 is 2.00 bits per heavy atom. The Morgan fingerprint density at radius 1 is 1.43 bits per heavy atom. The molecule has 0 aromatic carbocycles. The van der Waals surface area contributed by atoms with Gasteiger partial charge in [0, 0.05) is 0 Å². The van der Waals surface area contributed by atoms with Gasteiger partial charge in [-0.3, -0.25) is 9.59 Å². The number of aliphatic carboxylic acids is 1. The summed E-state index contributed by atoms with van der Waals surface area (Å²) in [5.74, 6) is -1.73. The molecular formula is C7H12N2O5. The standard InChI is InChI=1S/C7H12N2O5/c1-4(9-7(13)14-2)6(12)8-3-5(10)11/h4H,3H2,1-2H3,(H,8,12)(H,9,13)(H,10,11)/t4-/m0/s1. The number of nitrogens with one attached hydrogen (secondary N) is 2. The highest BCUT2D eigenvalue weighted by atomic mass is 16.5. The Hall–Kier alpha value is -1.79. The van der Waals surface area contributed by atoms with E-state index in [2.05, 4.69) is 15.4 Å². The molecule has 0 aromatic rings. The minimum absolute atomic E-state index is 0.480. The van der Waals surface area contributed by atoms with Gasteiger partial charge in [0.2, 0.25) is 5.91 Å². The first-order valence-corrected chi connectivity index (χ1v) is 3.81. The van der Waals surface area contributed by atoms with Gasteiger partial charge < -0.3 is 20.5 Å². The number of carboxylic acids is 1. The summed E-state index contributed by atoms with van der Waals surface area (Å²) in [5, 5.41) is 12.5. The third-order valence-electron chi connectivity index (χ3n) is 1.33. The second-order valence-electron chi connectivity index (χ2n) is 2.47. The molecule has 3 N–H and O–H groups in total. The Bertz CT molecular complexity index is 240. The first kappa shape index (κ1) is 12.2. The van der Waals surface area contributed by atoms with Crippen molar-refractivity contribution < 1.29 is 24.2 Å². The normalized spacial score (nSPS) is 11.3. The summed E-state index contributed by atoms with van der Waals surface area (Å²) in [6, 6.07) is -0.832. The summed E-state index contributed by atoms with van der Waals surface area (Å²) in [6.07, 6.45) is -0.747. The fourth-order valence-corrected chi connectivity index (χ4v) is 0.617. The van der Waals surface area contributed by atoms with Crippen molar-refractivity contribution in [2.24, 2.45) is 0 Å². The summed E-state index contributed by atoms with van der Waals surface area (Å²) in [6.45, 7) is 0.931. The monoisotopic (exact) mass is 204 g/mol. The highest BCUT2D eigenvalue weighted by Crippen LogP contribution is 1.83. The van der Waals surface area contributed by atoms with Gasteiger partial charge in [-0.1, -0.05) is 0 Å². The molecule has 0 fully saturated rings. The van der Waals surface area contributed by atoms with Gasteiger partial charge in [-0.2, -0.15) is 0 Å². The second-order valence-corrected chi connectivity index (χ2v) is 2.47. The zero-order chi connectivity index (χ0) is 11.1. The van der Waals surface area contributed by atoms with Gasteiger partial charge in [-0.25, -0.2) is 4.79 Å². The molecule has 0 bridgehead atoms. The molecule has 0 aliphatic carbocycles. The Morgan fingerprint density at radius 3 is 2.43 bits per heavy atom. The molecule has 7 nitrogen and oxygen atoms in total. The molecule has 0 unspecified atom stereocenters. The number of carbonyl (C=O) groups is 3. The molecule has 1 atom stereocenters. The molecule has 0 rings (SSSR count). The zero-order valence-electron chi connectivity index (χ0n) is 7.86. The first-order valence-electron chi connectivity index (χ1n) is 3.81. The summed E-state index contributed by atoms with van der Waals surface area (Å²) in [4.78, 5) is 31.8. The average molecular weight is 204 g/mol. The van der Waals surface area contributed by atoms with Crippen LogP contribution in [0, 0.1) is 0 Å². The molecule has 0 aliphatic rings. The lowest BCUT2D eigenvalue weighted by molar-refractivity contribution is -0.138. The van der Waals surface area contributed by atoms with Crippen LogP contribution in [0.2, 0.25) is 0 Å². The number of methoxy groups -OCH3 is 1. The predicted octanol–water partition coefficient (Wildman–Crippen LogP) is -1.07. The minimum atomic E-state index is -1.15. The van der Waals surface area contributed by atoms with Gasteiger partial charge in [0.05, 0.1) is 7.11 Å². The van der Waals surface area contributed by atoms with Crippen LogP contribution >= 0.6 is 0 Å². The summed E-state index contributed by atoms with van der Waals surface area (Å²) < 4.78 is 4.25. The van der Waals surface area contributed by atoms with Crippen LogP contribution in [0.4, 0.5) is 4.79 Å². The van der Waals surface area contributed by atoms with Crippen molar-refractivity contribution >= 4 is 18.0 Å². The van der Waals surface area contributed by atoms with Crippen LogP contribution in [0.15, 0.2) is 0 Å². The molecular weight excluding hydrogens is 192 g/mol. The van der Waals surface area contributed by atoms with Gasteiger partial charge in [-0.05, 0) is 6.92 Å². The van der Waals surface area contributed by atoms with E-state index in [9.17, 15) is 14.4 Å². The zero-order valence-corrected chi connectivity index (χ0v) is 7.86. The van der Waals surface area contributed by atoms with Crippen LogP contribution in [0.1, 0.15) is 6.92 Å². The topological polar surface area (TPSA) is 105 Å². The number of ether oxygens (including phenoxy) is 1. The van der Waals surface area contributed by atoms with E-state index >= 15 is 0 Å². The minimum Gasteiger partial charge on any atom is -0.480 e. The average Bonchev–Trinajstić information content (AvgIpc) is 2.13. The first-order chi connectivity index (χ1) is 6.47. The van der Waals surface area contributed by atoms with Gasteiger partial charge in [0.1, 0.15) is 12.6 Å². The van der Waals surface area contributed by atoms with Crippen molar-refractivity contribution in [1.29, 1.82) is 0 Å². The van der Waals surface area contributed by atoms with Crippen molar-refractivity contribution in [2.75, 3.05) is 13.7 Å². The highest BCUT2D eigenvalue weighted by Gasteiger charge is 2.15. The summed E-state index contributed by atoms with van der Waals surface area (Å²) in [7, 11) is 1.16. The molecule has 0 saturated carbocycles. The molecule has 0 heterocycles. The van der Waals surface area contributed by atoms with E-state index in [1.165, 1.54) is 6.92 Å². The third-order valence-corrected chi connectivity index (χ3v) is 1.33. The summed E-state index contributed by atoms with van der Waals surface area (Å²) >= 11 is 0. The van der Waals surface area contributed by atoms with Crippen LogP contribution in [-0.2, 0) is 14.3 Å². The number of alkyl carbamates (subject to hydrolysis) is 1. The highest BCUT2D eigenvalue weighted by molar-refractivity contribution is 5.87. The van der Waals surface area contributed by atoms with E-state index in [0.29, 0.717) is 0 Å². The van der Waals surface area contributed by atoms with Crippen LogP contribution in [-0.4, -0.2) is 42.8 Å². The van der Waals surface area contributed by atoms with Gasteiger partial charge >= 0.3 is 12.1 Å². The van der Waals surface area contributed by atoms with Gasteiger partial charge in [-0.15, -0.1) is 0 Å². The maximum Gasteiger partial charge on any atom is 0.407 e. The smallest absolute Gasteiger partial charge is 0.407 e. The number of hydrogen-bond donors (Lipinski definition) is 3. The van der Waals surface area contributed by atoms with E-state index in [4.69, 9.17) is 5.11 Å². The fourth-order valence-electron chi connectivity index (χ4n) is 0.617. The molecule has 2 amide bonds. The van der Waals surface area contributed by atoms with E-state index in [1.54, 1.807) is 0 Å². The lowest BCUT2D eigenvalue weighted by Crippen LogP contribution is -2.46. The van der Waals surface area contributed by atoms with Gasteiger partial charge in [0.25, 0.3) is 0 Å². The van der Waals surface area contributed by atoms with Crippen LogP contribution in [0.3, 0.4) is 0 Å². The lowest BCUT2D eigenvalue weighted by Gasteiger charge is -2.11. The number of rotatable bonds is 4. The molecule has 80 valence electrons. The van der Waals surface area contributed by atoms with E-state index in [-0.39, 0.29) is 0 Å².